The fourth-order valence-corrected chi connectivity index (χ4v) is 3.13. The SMILES string of the molecule is COC(=O)c1ccc(N)c(NC(=O)c2n[nH]c3c2CCC(C)(C)C3)c1. The van der Waals surface area contributed by atoms with Crippen LogP contribution >= 0.6 is 0 Å². The van der Waals surface area contributed by atoms with Crippen molar-refractivity contribution < 1.29 is 14.3 Å². The highest BCUT2D eigenvalue weighted by Gasteiger charge is 2.30. The zero-order valence-electron chi connectivity index (χ0n) is 14.6. The number of methoxy groups -OCH3 is 1. The predicted molar refractivity (Wildman–Crippen MR) is 94.5 cm³/mol. The van der Waals surface area contributed by atoms with Crippen molar-refractivity contribution in [1.82, 2.24) is 10.2 Å². The molecule has 132 valence electrons. The van der Waals surface area contributed by atoms with Crippen molar-refractivity contribution in [3.05, 3.63) is 40.7 Å². The highest BCUT2D eigenvalue weighted by Crippen LogP contribution is 2.35. The van der Waals surface area contributed by atoms with Crippen LogP contribution in [0.3, 0.4) is 0 Å². The number of hydrogen-bond donors (Lipinski definition) is 3. The van der Waals surface area contributed by atoms with Gasteiger partial charge in [-0.2, -0.15) is 5.10 Å². The van der Waals surface area contributed by atoms with Crippen LogP contribution in [-0.2, 0) is 17.6 Å². The Morgan fingerprint density at radius 1 is 1.36 bits per heavy atom. The lowest BCUT2D eigenvalue weighted by Gasteiger charge is -2.28. The van der Waals surface area contributed by atoms with Gasteiger partial charge in [0.25, 0.3) is 5.91 Å². The van der Waals surface area contributed by atoms with Gasteiger partial charge in [0.15, 0.2) is 5.69 Å². The number of anilines is 2. The van der Waals surface area contributed by atoms with Gasteiger partial charge in [-0.1, -0.05) is 13.8 Å². The molecule has 0 unspecified atom stereocenters. The minimum Gasteiger partial charge on any atom is -0.465 e. The van der Waals surface area contributed by atoms with E-state index in [9.17, 15) is 9.59 Å². The molecule has 0 saturated heterocycles. The molecule has 7 nitrogen and oxygen atoms in total. The molecule has 1 aliphatic carbocycles. The van der Waals surface area contributed by atoms with Crippen molar-refractivity contribution in [2.75, 3.05) is 18.2 Å². The summed E-state index contributed by atoms with van der Waals surface area (Å²) in [5.41, 5.74) is 9.51. The molecule has 0 aliphatic heterocycles. The lowest BCUT2D eigenvalue weighted by molar-refractivity contribution is 0.0600. The van der Waals surface area contributed by atoms with Crippen molar-refractivity contribution in [3.8, 4) is 0 Å². The molecule has 0 fully saturated rings. The average molecular weight is 342 g/mol. The normalized spacial score (nSPS) is 15.3. The summed E-state index contributed by atoms with van der Waals surface area (Å²) >= 11 is 0. The summed E-state index contributed by atoms with van der Waals surface area (Å²) < 4.78 is 4.69. The summed E-state index contributed by atoms with van der Waals surface area (Å²) in [4.78, 5) is 24.3. The molecular formula is C18H22N4O3. The van der Waals surface area contributed by atoms with Crippen molar-refractivity contribution in [2.24, 2.45) is 5.41 Å². The van der Waals surface area contributed by atoms with Gasteiger partial charge in [0.1, 0.15) is 0 Å². The number of H-pyrrole nitrogens is 1. The lowest BCUT2D eigenvalue weighted by Crippen LogP contribution is -2.23. The first-order valence-corrected chi connectivity index (χ1v) is 8.16. The molecule has 1 aromatic heterocycles. The summed E-state index contributed by atoms with van der Waals surface area (Å²) in [5.74, 6) is -0.833. The zero-order valence-corrected chi connectivity index (χ0v) is 14.6. The number of hydrogen-bond acceptors (Lipinski definition) is 5. The van der Waals surface area contributed by atoms with Gasteiger partial charge in [-0.15, -0.1) is 0 Å². The van der Waals surface area contributed by atoms with Crippen LogP contribution in [0.5, 0.6) is 0 Å². The number of nitrogen functional groups attached to an aromatic ring is 1. The summed E-state index contributed by atoms with van der Waals surface area (Å²) in [5, 5.41) is 9.93. The third-order valence-electron chi connectivity index (χ3n) is 4.60. The van der Waals surface area contributed by atoms with E-state index in [4.69, 9.17) is 10.5 Å². The molecule has 7 heteroatoms. The fraction of sp³-hybridized carbons (Fsp3) is 0.389. The first-order chi connectivity index (χ1) is 11.8. The van der Waals surface area contributed by atoms with Crippen molar-refractivity contribution in [1.29, 1.82) is 0 Å². The molecule has 0 spiro atoms. The Balaban J connectivity index is 1.84. The topological polar surface area (TPSA) is 110 Å². The highest BCUT2D eigenvalue weighted by molar-refractivity contribution is 6.06. The van der Waals surface area contributed by atoms with Crippen LogP contribution in [0.1, 0.15) is 52.4 Å². The zero-order chi connectivity index (χ0) is 18.2. The molecule has 3 rings (SSSR count). The van der Waals surface area contributed by atoms with Crippen molar-refractivity contribution >= 4 is 23.3 Å². The fourth-order valence-electron chi connectivity index (χ4n) is 3.13. The smallest absolute Gasteiger partial charge is 0.337 e. The van der Waals surface area contributed by atoms with Crippen LogP contribution in [0.4, 0.5) is 11.4 Å². The Labute approximate surface area is 145 Å². The maximum Gasteiger partial charge on any atom is 0.337 e. The van der Waals surface area contributed by atoms with Gasteiger partial charge >= 0.3 is 5.97 Å². The van der Waals surface area contributed by atoms with E-state index in [-0.39, 0.29) is 11.3 Å². The van der Waals surface area contributed by atoms with Crippen LogP contribution in [0, 0.1) is 5.41 Å². The molecule has 1 heterocycles. The minimum absolute atomic E-state index is 0.201. The lowest BCUT2D eigenvalue weighted by atomic mass is 9.76. The Morgan fingerprint density at radius 3 is 2.84 bits per heavy atom. The van der Waals surface area contributed by atoms with Gasteiger partial charge in [-0.3, -0.25) is 9.89 Å². The quantitative estimate of drug-likeness (QED) is 0.586. The number of ether oxygens (including phenoxy) is 1. The predicted octanol–water partition coefficient (Wildman–Crippen LogP) is 2.55. The molecule has 0 radical (unpaired) electrons. The largest absolute Gasteiger partial charge is 0.465 e. The van der Waals surface area contributed by atoms with Crippen molar-refractivity contribution in [2.45, 2.75) is 33.1 Å². The van der Waals surface area contributed by atoms with Crippen molar-refractivity contribution in [3.63, 3.8) is 0 Å². The number of fused-ring (bicyclic) bond motifs is 1. The molecule has 0 bridgehead atoms. The van der Waals surface area contributed by atoms with Crippen LogP contribution in [0.2, 0.25) is 0 Å². The molecule has 2 aromatic rings. The Morgan fingerprint density at radius 2 is 2.12 bits per heavy atom. The van der Waals surface area contributed by atoms with E-state index >= 15 is 0 Å². The first kappa shape index (κ1) is 17.0. The minimum atomic E-state index is -0.491. The Kier molecular flexibility index (Phi) is 4.24. The maximum atomic E-state index is 12.6. The summed E-state index contributed by atoms with van der Waals surface area (Å²) in [6.07, 6.45) is 2.67. The van der Waals surface area contributed by atoms with E-state index in [1.165, 1.54) is 13.2 Å². The Hall–Kier alpha value is -2.83. The van der Waals surface area contributed by atoms with Gasteiger partial charge < -0.3 is 15.8 Å². The van der Waals surface area contributed by atoms with Crippen LogP contribution in [0.15, 0.2) is 18.2 Å². The summed E-state index contributed by atoms with van der Waals surface area (Å²) in [6, 6.07) is 4.61. The number of nitrogens with one attached hydrogen (secondary N) is 2. The van der Waals surface area contributed by atoms with Crippen LogP contribution in [0.25, 0.3) is 0 Å². The first-order valence-electron chi connectivity index (χ1n) is 8.16. The van der Waals surface area contributed by atoms with Gasteiger partial charge in [0.05, 0.1) is 24.0 Å². The summed E-state index contributed by atoms with van der Waals surface area (Å²) in [6.45, 7) is 4.41. The number of nitrogens with zero attached hydrogens (tertiary/aromatic N) is 1. The molecule has 0 atom stereocenters. The van der Waals surface area contributed by atoms with E-state index in [0.717, 1.165) is 30.5 Å². The highest BCUT2D eigenvalue weighted by atomic mass is 16.5. The second-order valence-corrected chi connectivity index (χ2v) is 7.12. The molecular weight excluding hydrogens is 320 g/mol. The number of benzene rings is 1. The van der Waals surface area contributed by atoms with E-state index in [1.807, 2.05) is 0 Å². The average Bonchev–Trinajstić information content (AvgIpc) is 2.97. The molecule has 1 aliphatic rings. The number of nitrogens with two attached hydrogens (primary N) is 1. The van der Waals surface area contributed by atoms with E-state index in [2.05, 4.69) is 29.4 Å². The third-order valence-corrected chi connectivity index (χ3v) is 4.60. The van der Waals surface area contributed by atoms with Gasteiger partial charge in [0.2, 0.25) is 0 Å². The number of rotatable bonds is 3. The molecule has 1 aromatic carbocycles. The van der Waals surface area contributed by atoms with Gasteiger partial charge in [-0.25, -0.2) is 4.79 Å². The number of aromatic amines is 1. The standard InChI is InChI=1S/C18H22N4O3/c1-18(2)7-6-11-14(9-18)21-22-15(11)16(23)20-13-8-10(17(24)25-3)4-5-12(13)19/h4-5,8H,6-7,9,19H2,1-3H3,(H,20,23)(H,21,22). The Bertz CT molecular complexity index is 839. The number of esters is 1. The maximum absolute atomic E-state index is 12.6. The van der Waals surface area contributed by atoms with Gasteiger partial charge in [0, 0.05) is 11.3 Å². The third kappa shape index (κ3) is 3.35. The van der Waals surface area contributed by atoms with Gasteiger partial charge in [-0.05, 0) is 42.9 Å². The molecule has 0 saturated carbocycles. The second-order valence-electron chi connectivity index (χ2n) is 7.12. The molecule has 1 amide bonds. The number of carbonyl (C=O) groups is 2. The molecule has 25 heavy (non-hydrogen) atoms. The molecule has 4 N–H and O–H groups in total. The number of aromatic nitrogens is 2. The summed E-state index contributed by atoms with van der Waals surface area (Å²) in [7, 11) is 1.30. The van der Waals surface area contributed by atoms with E-state index < -0.39 is 5.97 Å². The van der Waals surface area contributed by atoms with Crippen LogP contribution in [-0.4, -0.2) is 29.2 Å². The van der Waals surface area contributed by atoms with Crippen LogP contribution < -0.4 is 11.1 Å². The van der Waals surface area contributed by atoms with E-state index in [1.54, 1.807) is 12.1 Å². The monoisotopic (exact) mass is 342 g/mol. The number of amides is 1. The second kappa shape index (κ2) is 6.23. The van der Waals surface area contributed by atoms with E-state index in [0.29, 0.717) is 22.6 Å². The number of carbonyl (C=O) groups excluding carboxylic acids is 2.